The lowest BCUT2D eigenvalue weighted by Gasteiger charge is -2.30. The van der Waals surface area contributed by atoms with Crippen molar-refractivity contribution in [1.29, 1.82) is 0 Å². The van der Waals surface area contributed by atoms with Gasteiger partial charge in [-0.25, -0.2) is 0 Å². The van der Waals surface area contributed by atoms with Crippen molar-refractivity contribution in [3.8, 4) is 0 Å². The van der Waals surface area contributed by atoms with Gasteiger partial charge in [-0.3, -0.25) is 14.9 Å². The van der Waals surface area contributed by atoms with Crippen molar-refractivity contribution < 1.29 is 9.59 Å². The highest BCUT2D eigenvalue weighted by Gasteiger charge is 2.26. The van der Waals surface area contributed by atoms with E-state index < -0.39 is 0 Å². The lowest BCUT2D eigenvalue weighted by atomic mass is 10.1. The largest absolute Gasteiger partial charge is 0.374 e. The third-order valence-corrected chi connectivity index (χ3v) is 3.91. The number of imide groups is 1. The van der Waals surface area contributed by atoms with Gasteiger partial charge >= 0.3 is 0 Å². The van der Waals surface area contributed by atoms with Gasteiger partial charge in [0.1, 0.15) is 6.04 Å². The molecule has 1 unspecified atom stereocenters. The molecule has 2 aliphatic rings. The van der Waals surface area contributed by atoms with Crippen LogP contribution >= 0.6 is 24.8 Å². The summed E-state index contributed by atoms with van der Waals surface area (Å²) in [6, 6.07) is 7.76. The number of anilines is 2. The molecule has 0 bridgehead atoms. The topological polar surface area (TPSA) is 73.5 Å². The summed E-state index contributed by atoms with van der Waals surface area (Å²) in [6.07, 6.45) is 0.934. The van der Waals surface area contributed by atoms with Gasteiger partial charge < -0.3 is 15.5 Å². The summed E-state index contributed by atoms with van der Waals surface area (Å²) in [6.45, 7) is 3.96. The van der Waals surface area contributed by atoms with Crippen LogP contribution in [0.15, 0.2) is 24.3 Å². The van der Waals surface area contributed by atoms with E-state index in [1.54, 1.807) is 0 Å². The molecule has 0 saturated carbocycles. The molecule has 2 aliphatic heterocycles. The Morgan fingerprint density at radius 2 is 1.87 bits per heavy atom. The van der Waals surface area contributed by atoms with Crippen molar-refractivity contribution in [3.63, 3.8) is 0 Å². The zero-order valence-electron chi connectivity index (χ0n) is 12.7. The molecule has 8 heteroatoms. The molecule has 0 radical (unpaired) electrons. The molecule has 0 spiro atoms. The fraction of sp³-hybridized carbons (Fsp3) is 0.467. The molecular formula is C15H22Cl2N4O2. The molecule has 23 heavy (non-hydrogen) atoms. The smallest absolute Gasteiger partial charge is 0.249 e. The number of nitrogens with one attached hydrogen (secondary N) is 3. The number of benzene rings is 1. The van der Waals surface area contributed by atoms with Crippen molar-refractivity contribution in [3.05, 3.63) is 24.3 Å². The second-order valence-electron chi connectivity index (χ2n) is 5.44. The molecule has 3 rings (SSSR count). The van der Waals surface area contributed by atoms with Crippen LogP contribution in [0, 0.1) is 0 Å². The van der Waals surface area contributed by atoms with Gasteiger partial charge in [0.15, 0.2) is 0 Å². The quantitative estimate of drug-likeness (QED) is 0.705. The Balaban J connectivity index is 0.00000132. The minimum atomic E-state index is -0.332. The van der Waals surface area contributed by atoms with Crippen LogP contribution < -0.4 is 20.9 Å². The van der Waals surface area contributed by atoms with Gasteiger partial charge in [-0.05, 0) is 24.6 Å². The van der Waals surface area contributed by atoms with Crippen molar-refractivity contribution >= 4 is 48.0 Å². The van der Waals surface area contributed by atoms with Crippen LogP contribution in [0.5, 0.6) is 0 Å². The van der Waals surface area contributed by atoms with Gasteiger partial charge in [0.25, 0.3) is 0 Å². The number of hydrogen-bond acceptors (Lipinski definition) is 5. The lowest BCUT2D eigenvalue weighted by Crippen LogP contribution is -2.47. The van der Waals surface area contributed by atoms with E-state index in [0.717, 1.165) is 37.6 Å². The average molecular weight is 361 g/mol. The second kappa shape index (κ2) is 8.96. The summed E-state index contributed by atoms with van der Waals surface area (Å²) in [7, 11) is 0. The molecule has 0 aliphatic carbocycles. The molecule has 2 heterocycles. The Morgan fingerprint density at radius 1 is 1.13 bits per heavy atom. The Labute approximate surface area is 148 Å². The van der Waals surface area contributed by atoms with E-state index in [4.69, 9.17) is 0 Å². The van der Waals surface area contributed by atoms with Crippen LogP contribution in [0.3, 0.4) is 0 Å². The maximum Gasteiger partial charge on any atom is 0.249 e. The summed E-state index contributed by atoms with van der Waals surface area (Å²) in [5.41, 5.74) is 2.08. The molecule has 1 aromatic carbocycles. The third-order valence-electron chi connectivity index (χ3n) is 3.91. The molecule has 3 N–H and O–H groups in total. The number of amides is 2. The molecule has 6 nitrogen and oxygen atoms in total. The van der Waals surface area contributed by atoms with E-state index in [9.17, 15) is 9.59 Å². The minimum Gasteiger partial charge on any atom is -0.374 e. The number of piperazine rings is 1. The first-order chi connectivity index (χ1) is 10.2. The van der Waals surface area contributed by atoms with E-state index in [-0.39, 0.29) is 42.7 Å². The SMILES string of the molecule is Cl.Cl.O=C1CCC(Nc2cccc(N3CCNCC3)c2)C(=O)N1. The van der Waals surface area contributed by atoms with Gasteiger partial charge in [-0.1, -0.05) is 6.07 Å². The molecule has 0 aromatic heterocycles. The van der Waals surface area contributed by atoms with Crippen LogP contribution in [0.1, 0.15) is 12.8 Å². The highest BCUT2D eigenvalue weighted by atomic mass is 35.5. The van der Waals surface area contributed by atoms with E-state index in [0.29, 0.717) is 12.8 Å². The number of carbonyl (C=O) groups excluding carboxylic acids is 2. The highest BCUT2D eigenvalue weighted by Crippen LogP contribution is 2.21. The maximum absolute atomic E-state index is 11.8. The summed E-state index contributed by atoms with van der Waals surface area (Å²) in [5.74, 6) is -0.425. The summed E-state index contributed by atoms with van der Waals surface area (Å²) < 4.78 is 0. The number of halogens is 2. The van der Waals surface area contributed by atoms with Crippen LogP contribution in [0.25, 0.3) is 0 Å². The summed E-state index contributed by atoms with van der Waals surface area (Å²) >= 11 is 0. The van der Waals surface area contributed by atoms with E-state index >= 15 is 0 Å². The Hall–Kier alpha value is -1.50. The Morgan fingerprint density at radius 3 is 2.57 bits per heavy atom. The third kappa shape index (κ3) is 4.99. The Kier molecular flexibility index (Phi) is 7.61. The number of hydrogen-bond donors (Lipinski definition) is 3. The molecule has 128 valence electrons. The molecule has 2 amide bonds. The first-order valence-electron chi connectivity index (χ1n) is 7.38. The fourth-order valence-corrected chi connectivity index (χ4v) is 2.75. The van der Waals surface area contributed by atoms with Gasteiger partial charge in [0.2, 0.25) is 11.8 Å². The monoisotopic (exact) mass is 360 g/mol. The van der Waals surface area contributed by atoms with E-state index in [2.05, 4.69) is 33.0 Å². The maximum atomic E-state index is 11.8. The highest BCUT2D eigenvalue weighted by molar-refractivity contribution is 6.01. The molecule has 1 aromatic rings. The predicted molar refractivity (Wildman–Crippen MR) is 95.8 cm³/mol. The summed E-state index contributed by atoms with van der Waals surface area (Å²) in [5, 5.41) is 8.93. The molecule has 2 saturated heterocycles. The summed E-state index contributed by atoms with van der Waals surface area (Å²) in [4.78, 5) is 25.3. The van der Waals surface area contributed by atoms with Crippen LogP contribution in [-0.2, 0) is 9.59 Å². The van der Waals surface area contributed by atoms with Gasteiger partial charge in [-0.15, -0.1) is 24.8 Å². The molecular weight excluding hydrogens is 339 g/mol. The van der Waals surface area contributed by atoms with Crippen molar-refractivity contribution in [2.24, 2.45) is 0 Å². The van der Waals surface area contributed by atoms with Crippen LogP contribution in [0.4, 0.5) is 11.4 Å². The second-order valence-corrected chi connectivity index (χ2v) is 5.44. The van der Waals surface area contributed by atoms with E-state index in [1.807, 2.05) is 12.1 Å². The van der Waals surface area contributed by atoms with Crippen LogP contribution in [-0.4, -0.2) is 44.0 Å². The number of piperidine rings is 1. The lowest BCUT2D eigenvalue weighted by molar-refractivity contribution is -0.133. The van der Waals surface area contributed by atoms with Crippen molar-refractivity contribution in [2.45, 2.75) is 18.9 Å². The zero-order valence-corrected chi connectivity index (χ0v) is 14.3. The van der Waals surface area contributed by atoms with Gasteiger partial charge in [0, 0.05) is 44.0 Å². The number of rotatable bonds is 3. The van der Waals surface area contributed by atoms with Crippen LogP contribution in [0.2, 0.25) is 0 Å². The van der Waals surface area contributed by atoms with Crippen molar-refractivity contribution in [2.75, 3.05) is 36.4 Å². The minimum absolute atomic E-state index is 0. The first kappa shape index (κ1) is 19.5. The van der Waals surface area contributed by atoms with E-state index in [1.165, 1.54) is 0 Å². The molecule has 2 fully saturated rings. The Bertz CT molecular complexity index is 550. The standard InChI is InChI=1S/C15H20N4O2.2ClH/c20-14-5-4-13(15(21)18-14)17-11-2-1-3-12(10-11)19-8-6-16-7-9-19;;/h1-3,10,13,16-17H,4-9H2,(H,18,20,21);2*1H. The average Bonchev–Trinajstić information content (AvgIpc) is 2.51. The normalized spacial score (nSPS) is 20.9. The predicted octanol–water partition coefficient (Wildman–Crippen LogP) is 1.16. The van der Waals surface area contributed by atoms with Gasteiger partial charge in [0.05, 0.1) is 0 Å². The zero-order chi connectivity index (χ0) is 14.7. The molecule has 1 atom stereocenters. The van der Waals surface area contributed by atoms with Crippen molar-refractivity contribution in [1.82, 2.24) is 10.6 Å². The number of nitrogens with zero attached hydrogens (tertiary/aromatic N) is 1. The first-order valence-corrected chi connectivity index (χ1v) is 7.38. The number of carbonyl (C=O) groups is 2. The fourth-order valence-electron chi connectivity index (χ4n) is 2.75. The van der Waals surface area contributed by atoms with Gasteiger partial charge in [-0.2, -0.15) is 0 Å².